The summed E-state index contributed by atoms with van der Waals surface area (Å²) in [5.41, 5.74) is 4.25. The standard InChI is InChI=1S/C15H14N2OS/c1-10(18-2)11-4-3-5-12(8-11)14-15-13(6-7-19-15)16-9-17-14/h3-10H,1-2H3/t10-/m0/s1. The van der Waals surface area contributed by atoms with Gasteiger partial charge in [0.25, 0.3) is 0 Å². The predicted octanol–water partition coefficient (Wildman–Crippen LogP) is 4.07. The van der Waals surface area contributed by atoms with E-state index in [9.17, 15) is 0 Å². The molecule has 19 heavy (non-hydrogen) atoms. The molecule has 1 aromatic carbocycles. The number of ether oxygens (including phenoxy) is 1. The molecule has 0 N–H and O–H groups in total. The van der Waals surface area contributed by atoms with E-state index in [1.165, 1.54) is 0 Å². The van der Waals surface area contributed by atoms with Crippen LogP contribution in [0.4, 0.5) is 0 Å². The molecule has 3 nitrogen and oxygen atoms in total. The van der Waals surface area contributed by atoms with Gasteiger partial charge in [0, 0.05) is 12.7 Å². The lowest BCUT2D eigenvalue weighted by Crippen LogP contribution is -1.96. The highest BCUT2D eigenvalue weighted by Crippen LogP contribution is 2.30. The van der Waals surface area contributed by atoms with Crippen molar-refractivity contribution in [1.82, 2.24) is 9.97 Å². The van der Waals surface area contributed by atoms with Gasteiger partial charge in [-0.15, -0.1) is 11.3 Å². The lowest BCUT2D eigenvalue weighted by molar-refractivity contribution is 0.119. The molecule has 3 aromatic rings. The van der Waals surface area contributed by atoms with Crippen molar-refractivity contribution in [2.24, 2.45) is 0 Å². The van der Waals surface area contributed by atoms with Gasteiger partial charge in [0.1, 0.15) is 6.33 Å². The van der Waals surface area contributed by atoms with Gasteiger partial charge in [-0.05, 0) is 30.0 Å². The first kappa shape index (κ1) is 12.3. The van der Waals surface area contributed by atoms with E-state index in [2.05, 4.69) is 28.2 Å². The van der Waals surface area contributed by atoms with E-state index in [-0.39, 0.29) is 6.10 Å². The summed E-state index contributed by atoms with van der Waals surface area (Å²) < 4.78 is 6.50. The van der Waals surface area contributed by atoms with Crippen molar-refractivity contribution in [3.8, 4) is 11.3 Å². The quantitative estimate of drug-likeness (QED) is 0.719. The lowest BCUT2D eigenvalue weighted by atomic mass is 10.0. The fourth-order valence-corrected chi connectivity index (χ4v) is 2.93. The fraction of sp³-hybridized carbons (Fsp3) is 0.200. The number of aromatic nitrogens is 2. The third-order valence-corrected chi connectivity index (χ3v) is 4.14. The molecule has 0 fully saturated rings. The van der Waals surface area contributed by atoms with Crippen molar-refractivity contribution >= 4 is 21.6 Å². The third-order valence-electron chi connectivity index (χ3n) is 3.23. The Morgan fingerprint density at radius 1 is 1.21 bits per heavy atom. The van der Waals surface area contributed by atoms with Gasteiger partial charge in [-0.2, -0.15) is 0 Å². The molecule has 1 atom stereocenters. The smallest absolute Gasteiger partial charge is 0.116 e. The number of hydrogen-bond acceptors (Lipinski definition) is 4. The van der Waals surface area contributed by atoms with E-state index < -0.39 is 0 Å². The molecule has 0 saturated carbocycles. The van der Waals surface area contributed by atoms with E-state index in [4.69, 9.17) is 4.74 Å². The normalized spacial score (nSPS) is 12.7. The average Bonchev–Trinajstić information content (AvgIpc) is 2.94. The minimum atomic E-state index is 0.0839. The average molecular weight is 270 g/mol. The van der Waals surface area contributed by atoms with E-state index in [0.717, 1.165) is 27.0 Å². The van der Waals surface area contributed by atoms with Crippen molar-refractivity contribution in [3.05, 3.63) is 47.6 Å². The molecule has 0 bridgehead atoms. The molecule has 0 aliphatic carbocycles. The molecule has 0 aliphatic rings. The molecule has 0 saturated heterocycles. The van der Waals surface area contributed by atoms with Crippen LogP contribution in [-0.4, -0.2) is 17.1 Å². The Balaban J connectivity index is 2.14. The highest BCUT2D eigenvalue weighted by molar-refractivity contribution is 7.17. The summed E-state index contributed by atoms with van der Waals surface area (Å²) in [7, 11) is 1.72. The molecular formula is C15H14N2OS. The first-order chi connectivity index (χ1) is 9.29. The Morgan fingerprint density at radius 3 is 2.95 bits per heavy atom. The molecule has 0 unspecified atom stereocenters. The highest BCUT2D eigenvalue weighted by Gasteiger charge is 2.10. The number of methoxy groups -OCH3 is 1. The number of hydrogen-bond donors (Lipinski definition) is 0. The largest absolute Gasteiger partial charge is 0.377 e. The van der Waals surface area contributed by atoms with Crippen LogP contribution in [0.3, 0.4) is 0 Å². The third kappa shape index (κ3) is 2.25. The van der Waals surface area contributed by atoms with E-state index in [0.29, 0.717) is 0 Å². The Hall–Kier alpha value is -1.78. The minimum Gasteiger partial charge on any atom is -0.377 e. The Bertz CT molecular complexity index is 708. The van der Waals surface area contributed by atoms with E-state index in [1.54, 1.807) is 24.8 Å². The first-order valence-corrected chi connectivity index (χ1v) is 6.99. The predicted molar refractivity (Wildman–Crippen MR) is 78.3 cm³/mol. The molecule has 3 rings (SSSR count). The lowest BCUT2D eigenvalue weighted by Gasteiger charge is -2.11. The molecule has 2 aromatic heterocycles. The van der Waals surface area contributed by atoms with Crippen molar-refractivity contribution in [2.45, 2.75) is 13.0 Å². The SMILES string of the molecule is CO[C@@H](C)c1cccc(-c2ncnc3ccsc23)c1. The van der Waals surface area contributed by atoms with Crippen LogP contribution in [0.15, 0.2) is 42.0 Å². The Labute approximate surface area is 115 Å². The van der Waals surface area contributed by atoms with Crippen LogP contribution in [0.5, 0.6) is 0 Å². The molecule has 0 aliphatic heterocycles. The summed E-state index contributed by atoms with van der Waals surface area (Å²) in [6.07, 6.45) is 1.71. The van der Waals surface area contributed by atoms with Crippen LogP contribution < -0.4 is 0 Å². The monoisotopic (exact) mass is 270 g/mol. The van der Waals surface area contributed by atoms with Crippen LogP contribution in [0, 0.1) is 0 Å². The van der Waals surface area contributed by atoms with Crippen LogP contribution in [-0.2, 0) is 4.74 Å². The summed E-state index contributed by atoms with van der Waals surface area (Å²) in [6, 6.07) is 10.3. The molecule has 0 radical (unpaired) electrons. The number of rotatable bonds is 3. The summed E-state index contributed by atoms with van der Waals surface area (Å²) >= 11 is 1.67. The second kappa shape index (κ2) is 5.07. The maximum atomic E-state index is 5.37. The van der Waals surface area contributed by atoms with Gasteiger partial charge in [-0.3, -0.25) is 0 Å². The van der Waals surface area contributed by atoms with Crippen molar-refractivity contribution < 1.29 is 4.74 Å². The summed E-state index contributed by atoms with van der Waals surface area (Å²) in [4.78, 5) is 8.71. The number of thiophene rings is 1. The Kier molecular flexibility index (Phi) is 3.27. The van der Waals surface area contributed by atoms with Crippen molar-refractivity contribution in [1.29, 1.82) is 0 Å². The zero-order chi connectivity index (χ0) is 13.2. The van der Waals surface area contributed by atoms with Gasteiger partial charge in [-0.25, -0.2) is 9.97 Å². The van der Waals surface area contributed by atoms with Crippen LogP contribution in [0.1, 0.15) is 18.6 Å². The van der Waals surface area contributed by atoms with Crippen LogP contribution in [0.2, 0.25) is 0 Å². The maximum absolute atomic E-state index is 5.37. The number of fused-ring (bicyclic) bond motifs is 1. The van der Waals surface area contributed by atoms with Crippen molar-refractivity contribution in [2.75, 3.05) is 7.11 Å². The first-order valence-electron chi connectivity index (χ1n) is 6.11. The molecule has 4 heteroatoms. The van der Waals surface area contributed by atoms with Gasteiger partial charge >= 0.3 is 0 Å². The molecule has 2 heterocycles. The van der Waals surface area contributed by atoms with Crippen molar-refractivity contribution in [3.63, 3.8) is 0 Å². The maximum Gasteiger partial charge on any atom is 0.116 e. The zero-order valence-corrected chi connectivity index (χ0v) is 11.6. The van der Waals surface area contributed by atoms with E-state index >= 15 is 0 Å². The second-order valence-corrected chi connectivity index (χ2v) is 5.28. The summed E-state index contributed by atoms with van der Waals surface area (Å²) in [6.45, 7) is 2.04. The highest BCUT2D eigenvalue weighted by atomic mass is 32.1. The fourth-order valence-electron chi connectivity index (χ4n) is 2.07. The topological polar surface area (TPSA) is 35.0 Å². The van der Waals surface area contributed by atoms with Gasteiger partial charge in [0.15, 0.2) is 0 Å². The van der Waals surface area contributed by atoms with Crippen LogP contribution in [0.25, 0.3) is 21.5 Å². The molecule has 0 spiro atoms. The van der Waals surface area contributed by atoms with Crippen LogP contribution >= 0.6 is 11.3 Å². The van der Waals surface area contributed by atoms with Gasteiger partial charge in [0.2, 0.25) is 0 Å². The number of benzene rings is 1. The summed E-state index contributed by atoms with van der Waals surface area (Å²) in [5, 5.41) is 2.05. The molecule has 96 valence electrons. The molecule has 0 amide bonds. The molecular weight excluding hydrogens is 256 g/mol. The van der Waals surface area contributed by atoms with Gasteiger partial charge in [0.05, 0.1) is 22.0 Å². The minimum absolute atomic E-state index is 0.0839. The Morgan fingerprint density at radius 2 is 2.11 bits per heavy atom. The van der Waals surface area contributed by atoms with Gasteiger partial charge in [-0.1, -0.05) is 18.2 Å². The van der Waals surface area contributed by atoms with Gasteiger partial charge < -0.3 is 4.74 Å². The second-order valence-electron chi connectivity index (χ2n) is 4.36. The summed E-state index contributed by atoms with van der Waals surface area (Å²) in [5.74, 6) is 0. The zero-order valence-electron chi connectivity index (χ0n) is 10.8. The number of nitrogens with zero attached hydrogens (tertiary/aromatic N) is 2. The van der Waals surface area contributed by atoms with E-state index in [1.807, 2.05) is 24.4 Å².